The molecule has 16 heavy (non-hydrogen) atoms. The van der Waals surface area contributed by atoms with Gasteiger partial charge in [-0.25, -0.2) is 12.8 Å². The summed E-state index contributed by atoms with van der Waals surface area (Å²) in [6.45, 7) is 0. The number of rotatable bonds is 3. The molecule has 1 aliphatic heterocycles. The average molecular weight is 253 g/mol. The molecule has 5 nitrogen and oxygen atoms in total. The predicted molar refractivity (Wildman–Crippen MR) is 56.3 cm³/mol. The summed E-state index contributed by atoms with van der Waals surface area (Å²) >= 11 is 0. The minimum atomic E-state index is -3.02. The van der Waals surface area contributed by atoms with Crippen LogP contribution in [0.25, 0.3) is 0 Å². The Bertz CT molecular complexity index is 343. The van der Waals surface area contributed by atoms with E-state index in [-0.39, 0.29) is 24.3 Å². The Labute approximate surface area is 94.1 Å². The van der Waals surface area contributed by atoms with Crippen LogP contribution in [0.3, 0.4) is 0 Å². The van der Waals surface area contributed by atoms with E-state index in [0.29, 0.717) is 0 Å². The summed E-state index contributed by atoms with van der Waals surface area (Å²) < 4.78 is 40.4. The topological polar surface area (TPSA) is 86.5 Å². The predicted octanol–water partition coefficient (Wildman–Crippen LogP) is -0.350. The number of ether oxygens (including phenoxy) is 1. The SMILES string of the molecule is COC(=O)C(N)C(F)C1CCS(=O)(=O)CC1. The molecule has 1 saturated heterocycles. The van der Waals surface area contributed by atoms with Gasteiger partial charge in [0.15, 0.2) is 0 Å². The maximum absolute atomic E-state index is 13.8. The Balaban J connectivity index is 2.56. The van der Waals surface area contributed by atoms with Crippen LogP contribution >= 0.6 is 0 Å². The van der Waals surface area contributed by atoms with E-state index < -0.39 is 33.9 Å². The van der Waals surface area contributed by atoms with Crippen molar-refractivity contribution in [2.45, 2.75) is 25.1 Å². The second-order valence-corrected chi connectivity index (χ2v) is 6.29. The second kappa shape index (κ2) is 5.09. The summed E-state index contributed by atoms with van der Waals surface area (Å²) in [5.74, 6) is -1.35. The highest BCUT2D eigenvalue weighted by molar-refractivity contribution is 7.91. The number of hydrogen-bond donors (Lipinski definition) is 1. The van der Waals surface area contributed by atoms with Crippen LogP contribution in [0, 0.1) is 5.92 Å². The molecule has 0 aromatic rings. The van der Waals surface area contributed by atoms with Crippen LogP contribution < -0.4 is 5.73 Å². The second-order valence-electron chi connectivity index (χ2n) is 3.98. The van der Waals surface area contributed by atoms with Gasteiger partial charge in [-0.2, -0.15) is 0 Å². The van der Waals surface area contributed by atoms with Gasteiger partial charge in [0.05, 0.1) is 18.6 Å². The van der Waals surface area contributed by atoms with Crippen LogP contribution in [0.4, 0.5) is 4.39 Å². The van der Waals surface area contributed by atoms with Crippen molar-refractivity contribution in [2.24, 2.45) is 11.7 Å². The van der Waals surface area contributed by atoms with Crippen LogP contribution in [0.2, 0.25) is 0 Å². The smallest absolute Gasteiger partial charge is 0.325 e. The van der Waals surface area contributed by atoms with E-state index in [2.05, 4.69) is 4.74 Å². The van der Waals surface area contributed by atoms with E-state index in [1.54, 1.807) is 0 Å². The fourth-order valence-corrected chi connectivity index (χ4v) is 3.31. The lowest BCUT2D eigenvalue weighted by atomic mass is 9.92. The van der Waals surface area contributed by atoms with Gasteiger partial charge in [-0.15, -0.1) is 0 Å². The molecule has 2 unspecified atom stereocenters. The Hall–Kier alpha value is -0.690. The molecule has 2 N–H and O–H groups in total. The highest BCUT2D eigenvalue weighted by Gasteiger charge is 2.36. The summed E-state index contributed by atoms with van der Waals surface area (Å²) in [5.41, 5.74) is 5.37. The minimum absolute atomic E-state index is 0.0357. The number of methoxy groups -OCH3 is 1. The minimum Gasteiger partial charge on any atom is -0.468 e. The summed E-state index contributed by atoms with van der Waals surface area (Å²) in [4.78, 5) is 11.0. The number of halogens is 1. The van der Waals surface area contributed by atoms with Gasteiger partial charge in [-0.3, -0.25) is 4.79 Å². The van der Waals surface area contributed by atoms with Gasteiger partial charge >= 0.3 is 5.97 Å². The molecular weight excluding hydrogens is 237 g/mol. The van der Waals surface area contributed by atoms with Gasteiger partial charge in [0.2, 0.25) is 0 Å². The van der Waals surface area contributed by atoms with Crippen molar-refractivity contribution in [3.8, 4) is 0 Å². The van der Waals surface area contributed by atoms with Crippen molar-refractivity contribution >= 4 is 15.8 Å². The highest BCUT2D eigenvalue weighted by Crippen LogP contribution is 2.25. The van der Waals surface area contributed by atoms with Crippen molar-refractivity contribution in [2.75, 3.05) is 18.6 Å². The molecule has 2 atom stereocenters. The van der Waals surface area contributed by atoms with E-state index >= 15 is 0 Å². The van der Waals surface area contributed by atoms with E-state index in [0.717, 1.165) is 7.11 Å². The Morgan fingerprint density at radius 3 is 2.38 bits per heavy atom. The van der Waals surface area contributed by atoms with Gasteiger partial charge < -0.3 is 10.5 Å². The summed E-state index contributed by atoms with van der Waals surface area (Å²) in [6, 6.07) is -1.32. The van der Waals surface area contributed by atoms with E-state index in [4.69, 9.17) is 5.73 Å². The maximum Gasteiger partial charge on any atom is 0.325 e. The molecule has 0 aromatic carbocycles. The van der Waals surface area contributed by atoms with Gasteiger partial charge in [0, 0.05) is 0 Å². The van der Waals surface area contributed by atoms with Crippen molar-refractivity contribution in [1.29, 1.82) is 0 Å². The summed E-state index contributed by atoms with van der Waals surface area (Å²) in [5, 5.41) is 0. The molecule has 0 saturated carbocycles. The molecule has 1 heterocycles. The molecule has 0 amide bonds. The van der Waals surface area contributed by atoms with Crippen LogP contribution in [0.5, 0.6) is 0 Å². The van der Waals surface area contributed by atoms with Crippen molar-refractivity contribution < 1.29 is 22.3 Å². The average Bonchev–Trinajstić information content (AvgIpc) is 2.26. The first-order valence-corrected chi connectivity index (χ1v) is 6.87. The van der Waals surface area contributed by atoms with Crippen molar-refractivity contribution in [3.63, 3.8) is 0 Å². The molecule has 1 rings (SSSR count). The first kappa shape index (κ1) is 13.4. The fraction of sp³-hybridized carbons (Fsp3) is 0.889. The van der Waals surface area contributed by atoms with E-state index in [1.807, 2.05) is 0 Å². The Kier molecular flexibility index (Phi) is 4.26. The first-order valence-electron chi connectivity index (χ1n) is 5.05. The van der Waals surface area contributed by atoms with Crippen LogP contribution in [-0.4, -0.2) is 45.2 Å². The zero-order valence-corrected chi connectivity index (χ0v) is 9.87. The van der Waals surface area contributed by atoms with Crippen LogP contribution in [0.15, 0.2) is 0 Å². The normalized spacial score (nSPS) is 24.7. The third kappa shape index (κ3) is 3.15. The van der Waals surface area contributed by atoms with Gasteiger partial charge in [0.1, 0.15) is 22.1 Å². The van der Waals surface area contributed by atoms with Gasteiger partial charge in [-0.05, 0) is 18.8 Å². The van der Waals surface area contributed by atoms with Crippen molar-refractivity contribution in [1.82, 2.24) is 0 Å². The third-order valence-electron chi connectivity index (χ3n) is 2.87. The van der Waals surface area contributed by atoms with Gasteiger partial charge in [-0.1, -0.05) is 0 Å². The zero-order valence-electron chi connectivity index (χ0n) is 9.06. The molecule has 1 fully saturated rings. The number of nitrogens with two attached hydrogens (primary N) is 1. The lowest BCUT2D eigenvalue weighted by Crippen LogP contribution is -2.45. The quantitative estimate of drug-likeness (QED) is 0.695. The highest BCUT2D eigenvalue weighted by atomic mass is 32.2. The largest absolute Gasteiger partial charge is 0.468 e. The molecule has 0 bridgehead atoms. The molecule has 7 heteroatoms. The summed E-state index contributed by atoms with van der Waals surface area (Å²) in [6.07, 6.45) is -1.11. The number of alkyl halides is 1. The summed E-state index contributed by atoms with van der Waals surface area (Å²) in [7, 11) is -1.89. The number of esters is 1. The number of sulfone groups is 1. The molecule has 94 valence electrons. The number of carbonyl (C=O) groups is 1. The first-order chi connectivity index (χ1) is 7.37. The molecule has 1 aliphatic rings. The van der Waals surface area contributed by atoms with E-state index in [9.17, 15) is 17.6 Å². The molecular formula is C9H16FNO4S. The van der Waals surface area contributed by atoms with Crippen molar-refractivity contribution in [3.05, 3.63) is 0 Å². The number of hydrogen-bond acceptors (Lipinski definition) is 5. The molecule has 0 aliphatic carbocycles. The zero-order chi connectivity index (χ0) is 12.3. The fourth-order valence-electron chi connectivity index (χ4n) is 1.79. The number of carbonyl (C=O) groups excluding carboxylic acids is 1. The third-order valence-corrected chi connectivity index (χ3v) is 4.58. The standard InChI is InChI=1S/C9H16FNO4S/c1-15-9(12)8(11)7(10)6-2-4-16(13,14)5-3-6/h6-8H,2-5,11H2,1H3. The molecule has 0 spiro atoms. The lowest BCUT2D eigenvalue weighted by Gasteiger charge is -2.27. The van der Waals surface area contributed by atoms with E-state index in [1.165, 1.54) is 0 Å². The maximum atomic E-state index is 13.8. The monoisotopic (exact) mass is 253 g/mol. The Morgan fingerprint density at radius 2 is 1.94 bits per heavy atom. The van der Waals surface area contributed by atoms with Gasteiger partial charge in [0.25, 0.3) is 0 Å². The molecule has 0 aromatic heterocycles. The Morgan fingerprint density at radius 1 is 1.44 bits per heavy atom. The molecule has 0 radical (unpaired) electrons. The van der Waals surface area contributed by atoms with Crippen LogP contribution in [-0.2, 0) is 19.4 Å². The lowest BCUT2D eigenvalue weighted by molar-refractivity contribution is -0.144. The van der Waals surface area contributed by atoms with Crippen LogP contribution in [0.1, 0.15) is 12.8 Å².